The van der Waals surface area contributed by atoms with Crippen molar-refractivity contribution in [2.75, 3.05) is 13.7 Å². The molecule has 0 aliphatic rings. The summed E-state index contributed by atoms with van der Waals surface area (Å²) in [5, 5.41) is 20.0. The number of aromatic amines is 1. The summed E-state index contributed by atoms with van der Waals surface area (Å²) in [6.45, 7) is 1.87. The summed E-state index contributed by atoms with van der Waals surface area (Å²) in [7, 11) is 1.44. The molecule has 0 atom stereocenters. The molecule has 2 aromatic carbocycles. The van der Waals surface area contributed by atoms with Crippen LogP contribution in [0.5, 0.6) is 11.5 Å². The summed E-state index contributed by atoms with van der Waals surface area (Å²) in [4.78, 5) is 16.0. The Morgan fingerprint density at radius 3 is 2.52 bits per heavy atom. The lowest BCUT2D eigenvalue weighted by atomic mass is 9.92. The third kappa shape index (κ3) is 3.84. The molecular formula is C22H18N2O4S. The van der Waals surface area contributed by atoms with Gasteiger partial charge in [0.15, 0.2) is 11.5 Å². The number of nitrogens with zero attached hydrogens (tertiary/aromatic N) is 1. The van der Waals surface area contributed by atoms with E-state index in [4.69, 9.17) is 21.7 Å². The van der Waals surface area contributed by atoms with Crippen LogP contribution in [0.3, 0.4) is 0 Å². The van der Waals surface area contributed by atoms with Crippen LogP contribution in [0.15, 0.2) is 48.5 Å². The van der Waals surface area contributed by atoms with Crippen LogP contribution in [-0.4, -0.2) is 29.8 Å². The molecule has 3 aromatic rings. The zero-order chi connectivity index (χ0) is 21.0. The monoisotopic (exact) mass is 406 g/mol. The van der Waals surface area contributed by atoms with Gasteiger partial charge in [-0.2, -0.15) is 5.26 Å². The standard InChI is InChI=1S/C22H18N2O4S/c1-3-28-22(26)19-18(14-9-10-17(27-2)16(25)11-14)15(12-23)21(29)24-20(19)13-7-5-4-6-8-13/h4-11,25H,3H2,1-2H3,(H,24,29). The minimum atomic E-state index is -0.598. The SMILES string of the molecule is CCOC(=O)c1c(-c2ccccc2)[nH]c(=S)c(C#N)c1-c1ccc(OC)c(O)c1. The van der Waals surface area contributed by atoms with E-state index < -0.39 is 5.97 Å². The third-order valence-corrected chi connectivity index (χ3v) is 4.64. The highest BCUT2D eigenvalue weighted by Gasteiger charge is 2.25. The molecule has 1 aromatic heterocycles. The second kappa shape index (κ2) is 8.59. The van der Waals surface area contributed by atoms with Crippen LogP contribution in [0.4, 0.5) is 0 Å². The van der Waals surface area contributed by atoms with Crippen LogP contribution in [-0.2, 0) is 4.74 Å². The smallest absolute Gasteiger partial charge is 0.340 e. The van der Waals surface area contributed by atoms with Gasteiger partial charge in [-0.3, -0.25) is 0 Å². The van der Waals surface area contributed by atoms with Gasteiger partial charge < -0.3 is 19.6 Å². The summed E-state index contributed by atoms with van der Waals surface area (Å²) in [5.41, 5.74) is 2.19. The highest BCUT2D eigenvalue weighted by atomic mass is 32.1. The largest absolute Gasteiger partial charge is 0.504 e. The first-order chi connectivity index (χ1) is 14.0. The fourth-order valence-corrected chi connectivity index (χ4v) is 3.32. The van der Waals surface area contributed by atoms with Crippen LogP contribution >= 0.6 is 12.2 Å². The number of hydrogen-bond donors (Lipinski definition) is 2. The fourth-order valence-electron chi connectivity index (χ4n) is 3.07. The van der Waals surface area contributed by atoms with Gasteiger partial charge in [0.25, 0.3) is 0 Å². The molecule has 1 heterocycles. The van der Waals surface area contributed by atoms with Crippen LogP contribution in [0.25, 0.3) is 22.4 Å². The molecule has 0 amide bonds. The molecule has 3 rings (SSSR count). The van der Waals surface area contributed by atoms with E-state index >= 15 is 0 Å². The topological polar surface area (TPSA) is 95.3 Å². The van der Waals surface area contributed by atoms with Gasteiger partial charge in [0.2, 0.25) is 0 Å². The molecule has 7 heteroatoms. The lowest BCUT2D eigenvalue weighted by Crippen LogP contribution is -2.12. The molecule has 146 valence electrons. The number of phenolic OH excluding ortho intramolecular Hbond substituents is 1. The average Bonchev–Trinajstić information content (AvgIpc) is 2.73. The maximum absolute atomic E-state index is 12.9. The van der Waals surface area contributed by atoms with E-state index in [1.807, 2.05) is 30.3 Å². The number of hydrogen-bond acceptors (Lipinski definition) is 6. The first kappa shape index (κ1) is 20.1. The predicted octanol–water partition coefficient (Wildman–Crippen LogP) is 4.84. The van der Waals surface area contributed by atoms with Crippen molar-refractivity contribution in [2.45, 2.75) is 6.92 Å². The number of methoxy groups -OCH3 is 1. The number of nitriles is 1. The molecule has 0 spiro atoms. The minimum absolute atomic E-state index is 0.118. The number of pyridine rings is 1. The number of phenols is 1. The average molecular weight is 406 g/mol. The molecule has 0 saturated heterocycles. The van der Waals surface area contributed by atoms with Crippen LogP contribution < -0.4 is 4.74 Å². The van der Waals surface area contributed by atoms with Crippen molar-refractivity contribution in [3.8, 4) is 40.0 Å². The number of carbonyl (C=O) groups excluding carboxylic acids is 1. The molecule has 0 aliphatic heterocycles. The molecule has 0 fully saturated rings. The highest BCUT2D eigenvalue weighted by Crippen LogP contribution is 2.38. The first-order valence-electron chi connectivity index (χ1n) is 8.82. The second-order valence-electron chi connectivity index (χ2n) is 6.04. The number of aromatic hydroxyl groups is 1. The number of ether oxygens (including phenoxy) is 2. The Hall–Kier alpha value is -3.63. The highest BCUT2D eigenvalue weighted by molar-refractivity contribution is 7.71. The van der Waals surface area contributed by atoms with E-state index in [9.17, 15) is 15.2 Å². The summed E-state index contributed by atoms with van der Waals surface area (Å²) >= 11 is 5.40. The number of nitrogens with one attached hydrogen (secondary N) is 1. The van der Waals surface area contributed by atoms with Crippen molar-refractivity contribution in [3.63, 3.8) is 0 Å². The molecule has 2 N–H and O–H groups in total. The van der Waals surface area contributed by atoms with Crippen molar-refractivity contribution in [2.24, 2.45) is 0 Å². The molecule has 0 saturated carbocycles. The molecular weight excluding hydrogens is 388 g/mol. The number of esters is 1. The van der Waals surface area contributed by atoms with E-state index in [0.717, 1.165) is 0 Å². The van der Waals surface area contributed by atoms with Crippen LogP contribution in [0, 0.1) is 16.0 Å². The zero-order valence-corrected chi connectivity index (χ0v) is 16.7. The maximum Gasteiger partial charge on any atom is 0.340 e. The Morgan fingerprint density at radius 2 is 1.93 bits per heavy atom. The summed E-state index contributed by atoms with van der Waals surface area (Å²) in [6.07, 6.45) is 0. The lowest BCUT2D eigenvalue weighted by Gasteiger charge is -2.17. The van der Waals surface area contributed by atoms with Gasteiger partial charge >= 0.3 is 5.97 Å². The normalized spacial score (nSPS) is 10.2. The molecule has 0 unspecified atom stereocenters. The Morgan fingerprint density at radius 1 is 1.21 bits per heavy atom. The van der Waals surface area contributed by atoms with E-state index in [-0.39, 0.29) is 33.9 Å². The molecule has 0 bridgehead atoms. The lowest BCUT2D eigenvalue weighted by molar-refractivity contribution is 0.0527. The number of benzene rings is 2. The van der Waals surface area contributed by atoms with Gasteiger partial charge in [0, 0.05) is 5.56 Å². The van der Waals surface area contributed by atoms with Gasteiger partial charge in [-0.05, 0) is 30.2 Å². The van der Waals surface area contributed by atoms with Crippen LogP contribution in [0.2, 0.25) is 0 Å². The number of H-pyrrole nitrogens is 1. The van der Waals surface area contributed by atoms with E-state index in [1.165, 1.54) is 13.2 Å². The summed E-state index contributed by atoms with van der Waals surface area (Å²) in [6, 6.07) is 15.9. The van der Waals surface area contributed by atoms with Crippen molar-refractivity contribution in [3.05, 3.63) is 64.3 Å². The predicted molar refractivity (Wildman–Crippen MR) is 111 cm³/mol. The van der Waals surface area contributed by atoms with E-state index in [2.05, 4.69) is 11.1 Å². The number of carbonyl (C=O) groups is 1. The van der Waals surface area contributed by atoms with Gasteiger partial charge in [0.1, 0.15) is 10.7 Å². The van der Waals surface area contributed by atoms with Crippen molar-refractivity contribution >= 4 is 18.2 Å². The second-order valence-corrected chi connectivity index (χ2v) is 6.45. The van der Waals surface area contributed by atoms with Crippen molar-refractivity contribution < 1.29 is 19.4 Å². The quantitative estimate of drug-likeness (QED) is 0.465. The zero-order valence-electron chi connectivity index (χ0n) is 15.9. The Bertz CT molecular complexity index is 1160. The first-order valence-corrected chi connectivity index (χ1v) is 9.22. The van der Waals surface area contributed by atoms with Gasteiger partial charge in [-0.1, -0.05) is 48.6 Å². The molecule has 0 radical (unpaired) electrons. The minimum Gasteiger partial charge on any atom is -0.504 e. The molecule has 6 nitrogen and oxygen atoms in total. The number of rotatable bonds is 5. The summed E-state index contributed by atoms with van der Waals surface area (Å²) < 4.78 is 10.6. The van der Waals surface area contributed by atoms with E-state index in [1.54, 1.807) is 19.1 Å². The Kier molecular flexibility index (Phi) is 5.96. The van der Waals surface area contributed by atoms with E-state index in [0.29, 0.717) is 22.4 Å². The van der Waals surface area contributed by atoms with Crippen molar-refractivity contribution in [1.29, 1.82) is 5.26 Å². The van der Waals surface area contributed by atoms with Crippen molar-refractivity contribution in [1.82, 2.24) is 4.98 Å². The maximum atomic E-state index is 12.9. The van der Waals surface area contributed by atoms with Gasteiger partial charge in [-0.15, -0.1) is 0 Å². The molecule has 0 aliphatic carbocycles. The summed E-state index contributed by atoms with van der Waals surface area (Å²) in [5.74, 6) is -0.447. The van der Waals surface area contributed by atoms with Gasteiger partial charge in [-0.25, -0.2) is 4.79 Å². The third-order valence-electron chi connectivity index (χ3n) is 4.34. The fraction of sp³-hybridized carbons (Fsp3) is 0.136. The van der Waals surface area contributed by atoms with Gasteiger partial charge in [0.05, 0.1) is 30.5 Å². The Labute approximate surface area is 173 Å². The molecule has 29 heavy (non-hydrogen) atoms. The Balaban J connectivity index is 2.43. The number of aromatic nitrogens is 1. The van der Waals surface area contributed by atoms with Crippen LogP contribution in [0.1, 0.15) is 22.8 Å².